The van der Waals surface area contributed by atoms with Crippen molar-refractivity contribution in [2.75, 3.05) is 5.32 Å². The van der Waals surface area contributed by atoms with E-state index in [9.17, 15) is 9.90 Å². The molecule has 106 valence electrons. The van der Waals surface area contributed by atoms with E-state index in [0.29, 0.717) is 32.9 Å². The summed E-state index contributed by atoms with van der Waals surface area (Å²) in [5.74, 6) is -0.170. The van der Waals surface area contributed by atoms with Crippen LogP contribution in [0.2, 0.25) is 5.02 Å². The zero-order valence-corrected chi connectivity index (χ0v) is 12.5. The van der Waals surface area contributed by atoms with Crippen molar-refractivity contribution in [3.8, 4) is 5.75 Å². The van der Waals surface area contributed by atoms with Gasteiger partial charge in [-0.05, 0) is 42.8 Å². The lowest BCUT2D eigenvalue weighted by molar-refractivity contribution is 0.102. The van der Waals surface area contributed by atoms with Crippen LogP contribution < -0.4 is 5.32 Å². The first kappa shape index (κ1) is 13.8. The number of amides is 1. The van der Waals surface area contributed by atoms with Gasteiger partial charge in [-0.2, -0.15) is 8.75 Å². The van der Waals surface area contributed by atoms with Gasteiger partial charge in [-0.25, -0.2) is 0 Å². The molecule has 3 rings (SSSR count). The van der Waals surface area contributed by atoms with E-state index in [0.717, 1.165) is 11.7 Å². The van der Waals surface area contributed by atoms with Gasteiger partial charge in [0.1, 0.15) is 16.8 Å². The van der Waals surface area contributed by atoms with E-state index in [1.54, 1.807) is 31.2 Å². The number of aryl methyl sites for hydroxylation is 1. The normalized spacial score (nSPS) is 10.8. The molecule has 1 amide bonds. The van der Waals surface area contributed by atoms with Crippen molar-refractivity contribution < 1.29 is 9.90 Å². The number of anilines is 1. The molecular weight excluding hydrogens is 310 g/mol. The first-order valence-electron chi connectivity index (χ1n) is 6.08. The van der Waals surface area contributed by atoms with Gasteiger partial charge in [0.25, 0.3) is 5.91 Å². The molecule has 1 aromatic heterocycles. The maximum absolute atomic E-state index is 12.3. The number of phenolic OH excluding ortho intramolecular Hbond substituents is 1. The molecule has 2 N–H and O–H groups in total. The smallest absolute Gasteiger partial charge is 0.255 e. The topological polar surface area (TPSA) is 75.1 Å². The Morgan fingerprint density at radius 2 is 2.10 bits per heavy atom. The van der Waals surface area contributed by atoms with Gasteiger partial charge in [0.2, 0.25) is 0 Å². The van der Waals surface area contributed by atoms with E-state index in [1.165, 1.54) is 6.07 Å². The van der Waals surface area contributed by atoms with E-state index < -0.39 is 0 Å². The van der Waals surface area contributed by atoms with Gasteiger partial charge in [0.05, 0.1) is 22.4 Å². The summed E-state index contributed by atoms with van der Waals surface area (Å²) >= 11 is 7.19. The summed E-state index contributed by atoms with van der Waals surface area (Å²) in [5, 5.41) is 12.7. The third-order valence-electron chi connectivity index (χ3n) is 3.07. The van der Waals surface area contributed by atoms with E-state index in [4.69, 9.17) is 11.6 Å². The Kier molecular flexibility index (Phi) is 3.48. The second-order valence-corrected chi connectivity index (χ2v) is 5.45. The Bertz CT molecular complexity index is 847. The van der Waals surface area contributed by atoms with Crippen molar-refractivity contribution in [1.29, 1.82) is 0 Å². The molecule has 0 saturated heterocycles. The van der Waals surface area contributed by atoms with Crippen LogP contribution in [0, 0.1) is 6.92 Å². The van der Waals surface area contributed by atoms with Crippen LogP contribution in [-0.4, -0.2) is 19.8 Å². The third-order valence-corrected chi connectivity index (χ3v) is 3.93. The summed E-state index contributed by atoms with van der Waals surface area (Å²) in [6.07, 6.45) is 0. The highest BCUT2D eigenvalue weighted by atomic mass is 35.5. The number of carbonyl (C=O) groups excluding carboxylic acids is 1. The number of nitrogens with zero attached hydrogens (tertiary/aromatic N) is 2. The monoisotopic (exact) mass is 319 g/mol. The van der Waals surface area contributed by atoms with Gasteiger partial charge in [-0.15, -0.1) is 0 Å². The molecule has 0 aliphatic heterocycles. The number of hydrogen-bond acceptors (Lipinski definition) is 5. The fraction of sp³-hybridized carbons (Fsp3) is 0.0714. The number of aromatic hydroxyl groups is 1. The Balaban J connectivity index is 1.98. The maximum atomic E-state index is 12.3. The highest BCUT2D eigenvalue weighted by molar-refractivity contribution is 7.00. The summed E-state index contributed by atoms with van der Waals surface area (Å²) < 4.78 is 8.26. The van der Waals surface area contributed by atoms with Gasteiger partial charge in [0.15, 0.2) is 0 Å². The van der Waals surface area contributed by atoms with E-state index >= 15 is 0 Å². The summed E-state index contributed by atoms with van der Waals surface area (Å²) in [7, 11) is 0. The van der Waals surface area contributed by atoms with Gasteiger partial charge in [0, 0.05) is 5.56 Å². The maximum Gasteiger partial charge on any atom is 0.255 e. The summed E-state index contributed by atoms with van der Waals surface area (Å²) in [6.45, 7) is 1.73. The van der Waals surface area contributed by atoms with Crippen LogP contribution in [-0.2, 0) is 0 Å². The predicted octanol–water partition coefficient (Wildman–Crippen LogP) is 3.61. The Morgan fingerprint density at radius 1 is 1.29 bits per heavy atom. The second-order valence-electron chi connectivity index (χ2n) is 4.51. The second kappa shape index (κ2) is 5.31. The summed E-state index contributed by atoms with van der Waals surface area (Å²) in [5.41, 5.74) is 2.75. The van der Waals surface area contributed by atoms with Crippen molar-refractivity contribution in [1.82, 2.24) is 8.75 Å². The van der Waals surface area contributed by atoms with Gasteiger partial charge in [-0.3, -0.25) is 4.79 Å². The van der Waals surface area contributed by atoms with E-state index in [-0.39, 0.29) is 11.7 Å². The molecule has 5 nitrogen and oxygen atoms in total. The Morgan fingerprint density at radius 3 is 2.86 bits per heavy atom. The number of fused-ring (bicyclic) bond motifs is 1. The third kappa shape index (κ3) is 2.55. The van der Waals surface area contributed by atoms with Crippen molar-refractivity contribution in [3.63, 3.8) is 0 Å². The van der Waals surface area contributed by atoms with Gasteiger partial charge >= 0.3 is 0 Å². The van der Waals surface area contributed by atoms with Gasteiger partial charge < -0.3 is 10.4 Å². The van der Waals surface area contributed by atoms with Crippen LogP contribution in [0.15, 0.2) is 30.3 Å². The largest absolute Gasteiger partial charge is 0.508 e. The van der Waals surface area contributed by atoms with Crippen molar-refractivity contribution in [2.45, 2.75) is 6.92 Å². The van der Waals surface area contributed by atoms with E-state index in [2.05, 4.69) is 14.1 Å². The molecular formula is C14H10ClN3O2S. The average molecular weight is 320 g/mol. The standard InChI is InChI=1S/C14H10ClN3O2S/c1-7-6-8(2-5-11(7)19)14(20)16-12-9(15)3-4-10-13(12)18-21-17-10/h2-6,19H,1H3,(H,16,20). The lowest BCUT2D eigenvalue weighted by atomic mass is 10.1. The molecule has 0 atom stereocenters. The zero-order valence-electron chi connectivity index (χ0n) is 10.9. The Hall–Kier alpha value is -2.18. The first-order valence-corrected chi connectivity index (χ1v) is 7.19. The highest BCUT2D eigenvalue weighted by Gasteiger charge is 2.14. The number of carbonyl (C=O) groups is 1. The number of nitrogens with one attached hydrogen (secondary N) is 1. The summed E-state index contributed by atoms with van der Waals surface area (Å²) in [4.78, 5) is 12.3. The lowest BCUT2D eigenvalue weighted by Crippen LogP contribution is -2.12. The molecule has 0 unspecified atom stereocenters. The van der Waals surface area contributed by atoms with Crippen LogP contribution in [0.3, 0.4) is 0 Å². The molecule has 7 heteroatoms. The number of hydrogen-bond donors (Lipinski definition) is 2. The minimum Gasteiger partial charge on any atom is -0.508 e. The highest BCUT2D eigenvalue weighted by Crippen LogP contribution is 2.30. The van der Waals surface area contributed by atoms with Crippen LogP contribution in [0.4, 0.5) is 5.69 Å². The molecule has 3 aromatic rings. The molecule has 0 bridgehead atoms. The molecule has 0 saturated carbocycles. The van der Waals surface area contributed by atoms with Crippen molar-refractivity contribution in [3.05, 3.63) is 46.5 Å². The molecule has 0 radical (unpaired) electrons. The molecule has 0 spiro atoms. The molecule has 2 aromatic carbocycles. The molecule has 0 fully saturated rings. The minimum atomic E-state index is -0.319. The fourth-order valence-corrected chi connectivity index (χ4v) is 2.67. The fourth-order valence-electron chi connectivity index (χ4n) is 1.93. The number of rotatable bonds is 2. The SMILES string of the molecule is Cc1cc(C(=O)Nc2c(Cl)ccc3nsnc23)ccc1O. The molecule has 0 aliphatic carbocycles. The Labute approximate surface area is 129 Å². The number of benzene rings is 2. The molecule has 0 aliphatic rings. The van der Waals surface area contributed by atoms with Crippen LogP contribution >= 0.6 is 23.3 Å². The summed E-state index contributed by atoms with van der Waals surface area (Å²) in [6, 6.07) is 8.06. The van der Waals surface area contributed by atoms with E-state index in [1.807, 2.05) is 0 Å². The zero-order chi connectivity index (χ0) is 15.0. The van der Waals surface area contributed by atoms with Crippen molar-refractivity contribution in [2.24, 2.45) is 0 Å². The predicted molar refractivity (Wildman–Crippen MR) is 83.2 cm³/mol. The van der Waals surface area contributed by atoms with Crippen LogP contribution in [0.1, 0.15) is 15.9 Å². The quantitative estimate of drug-likeness (QED) is 0.756. The molecule has 21 heavy (non-hydrogen) atoms. The number of aromatic nitrogens is 2. The van der Waals surface area contributed by atoms with Gasteiger partial charge in [-0.1, -0.05) is 11.6 Å². The van der Waals surface area contributed by atoms with Crippen LogP contribution in [0.5, 0.6) is 5.75 Å². The van der Waals surface area contributed by atoms with Crippen molar-refractivity contribution >= 4 is 46.0 Å². The minimum absolute atomic E-state index is 0.149. The first-order chi connectivity index (χ1) is 10.1. The number of phenols is 1. The average Bonchev–Trinajstić information content (AvgIpc) is 2.93. The van der Waals surface area contributed by atoms with Crippen LogP contribution in [0.25, 0.3) is 11.0 Å². The molecule has 1 heterocycles. The number of halogens is 1. The lowest BCUT2D eigenvalue weighted by Gasteiger charge is -2.08.